The van der Waals surface area contributed by atoms with Crippen molar-refractivity contribution in [2.45, 2.75) is 18.7 Å². The molecule has 1 rings (SSSR count). The van der Waals surface area contributed by atoms with Crippen molar-refractivity contribution < 1.29 is 9.53 Å². The van der Waals surface area contributed by atoms with Gasteiger partial charge in [-0.3, -0.25) is 4.79 Å². The number of hydrogen-bond acceptors (Lipinski definition) is 3. The van der Waals surface area contributed by atoms with Crippen molar-refractivity contribution in [3.63, 3.8) is 0 Å². The fraction of sp³-hybridized carbons (Fsp3) is 0.364. The second-order valence-corrected chi connectivity index (χ2v) is 4.16. The molecule has 0 atom stereocenters. The van der Waals surface area contributed by atoms with E-state index in [0.717, 1.165) is 10.6 Å². The predicted octanol–water partition coefficient (Wildman–Crippen LogP) is 2.68. The first-order valence-corrected chi connectivity index (χ1v) is 5.39. The van der Waals surface area contributed by atoms with Crippen molar-refractivity contribution >= 4 is 17.5 Å². The lowest BCUT2D eigenvalue weighted by Gasteiger charge is -2.07. The first kappa shape index (κ1) is 11.1. The van der Waals surface area contributed by atoms with E-state index in [9.17, 15) is 4.79 Å². The maximum absolute atomic E-state index is 10.8. The predicted molar refractivity (Wildman–Crippen MR) is 59.1 cm³/mol. The summed E-state index contributed by atoms with van der Waals surface area (Å²) in [6.45, 7) is 3.62. The molecule has 76 valence electrons. The number of aryl methyl sites for hydroxylation is 1. The van der Waals surface area contributed by atoms with E-state index >= 15 is 0 Å². The van der Waals surface area contributed by atoms with Gasteiger partial charge in [0, 0.05) is 0 Å². The van der Waals surface area contributed by atoms with Crippen molar-refractivity contribution in [2.24, 2.45) is 0 Å². The summed E-state index contributed by atoms with van der Waals surface area (Å²) in [4.78, 5) is 11.9. The topological polar surface area (TPSA) is 26.3 Å². The molecule has 0 saturated carbocycles. The normalized spacial score (nSPS) is 9.93. The first-order valence-electron chi connectivity index (χ1n) is 4.40. The second-order valence-electron chi connectivity index (χ2n) is 3.15. The van der Waals surface area contributed by atoms with E-state index < -0.39 is 0 Å². The highest BCUT2D eigenvalue weighted by molar-refractivity contribution is 8.00. The summed E-state index contributed by atoms with van der Waals surface area (Å²) in [5, 5.41) is 0. The van der Waals surface area contributed by atoms with Crippen LogP contribution in [0.25, 0.3) is 0 Å². The van der Waals surface area contributed by atoms with Crippen molar-refractivity contribution in [1.29, 1.82) is 0 Å². The average molecular weight is 210 g/mol. The number of rotatable bonds is 4. The van der Waals surface area contributed by atoms with E-state index in [2.05, 4.69) is 0 Å². The van der Waals surface area contributed by atoms with Crippen LogP contribution in [0.5, 0.6) is 5.75 Å². The van der Waals surface area contributed by atoms with Crippen LogP contribution in [0.3, 0.4) is 0 Å². The number of carbonyl (C=O) groups is 1. The molecule has 1 aromatic rings. The molecule has 0 aliphatic heterocycles. The third-order valence-corrected chi connectivity index (χ3v) is 2.93. The van der Waals surface area contributed by atoms with Gasteiger partial charge in [0.15, 0.2) is 0 Å². The third kappa shape index (κ3) is 3.07. The fourth-order valence-electron chi connectivity index (χ4n) is 1.08. The monoisotopic (exact) mass is 210 g/mol. The van der Waals surface area contributed by atoms with Crippen molar-refractivity contribution in [1.82, 2.24) is 0 Å². The lowest BCUT2D eigenvalue weighted by atomic mass is 10.2. The largest absolute Gasteiger partial charge is 0.496 e. The summed E-state index contributed by atoms with van der Waals surface area (Å²) in [6.07, 6.45) is 0. The lowest BCUT2D eigenvalue weighted by Crippen LogP contribution is -1.94. The van der Waals surface area contributed by atoms with E-state index in [1.807, 2.05) is 25.1 Å². The molecule has 0 fully saturated rings. The minimum atomic E-state index is 0.179. The number of Topliss-reactive ketones (excluding diaryl/α,β-unsaturated/α-hetero) is 1. The first-order chi connectivity index (χ1) is 6.63. The van der Waals surface area contributed by atoms with Crippen LogP contribution in [0.2, 0.25) is 0 Å². The van der Waals surface area contributed by atoms with Crippen LogP contribution >= 0.6 is 11.8 Å². The zero-order valence-electron chi connectivity index (χ0n) is 8.66. The van der Waals surface area contributed by atoms with Crippen LogP contribution < -0.4 is 4.74 Å². The van der Waals surface area contributed by atoms with Gasteiger partial charge < -0.3 is 4.74 Å². The lowest BCUT2D eigenvalue weighted by molar-refractivity contribution is -0.114. The van der Waals surface area contributed by atoms with E-state index in [0.29, 0.717) is 5.75 Å². The minimum Gasteiger partial charge on any atom is -0.496 e. The van der Waals surface area contributed by atoms with Gasteiger partial charge in [0.2, 0.25) is 0 Å². The number of carbonyl (C=O) groups excluding carboxylic acids is 1. The van der Waals surface area contributed by atoms with Gasteiger partial charge >= 0.3 is 0 Å². The Bertz CT molecular complexity index is 334. The summed E-state index contributed by atoms with van der Waals surface area (Å²) < 4.78 is 5.20. The molecule has 1 aromatic carbocycles. The molecule has 0 bridgehead atoms. The van der Waals surface area contributed by atoms with Crippen LogP contribution in [0.1, 0.15) is 12.5 Å². The maximum Gasteiger partial charge on any atom is 0.140 e. The Kier molecular flexibility index (Phi) is 4.01. The van der Waals surface area contributed by atoms with Gasteiger partial charge in [-0.25, -0.2) is 0 Å². The molecule has 0 spiro atoms. The molecule has 0 radical (unpaired) electrons. The Labute approximate surface area is 88.7 Å². The Morgan fingerprint density at radius 3 is 2.79 bits per heavy atom. The minimum absolute atomic E-state index is 0.179. The summed E-state index contributed by atoms with van der Waals surface area (Å²) in [7, 11) is 1.64. The second kappa shape index (κ2) is 5.05. The summed E-state index contributed by atoms with van der Waals surface area (Å²) in [6, 6.07) is 5.96. The molecule has 14 heavy (non-hydrogen) atoms. The van der Waals surface area contributed by atoms with Gasteiger partial charge in [-0.15, -0.1) is 11.8 Å². The van der Waals surface area contributed by atoms with E-state index in [4.69, 9.17) is 4.74 Å². The highest BCUT2D eigenvalue weighted by Gasteiger charge is 2.04. The van der Waals surface area contributed by atoms with E-state index in [1.165, 1.54) is 17.3 Å². The third-order valence-electron chi connectivity index (χ3n) is 1.75. The van der Waals surface area contributed by atoms with Crippen molar-refractivity contribution in [2.75, 3.05) is 12.9 Å². The van der Waals surface area contributed by atoms with Gasteiger partial charge in [-0.05, 0) is 31.5 Å². The Balaban J connectivity index is 2.82. The van der Waals surface area contributed by atoms with Crippen molar-refractivity contribution in [3.8, 4) is 5.75 Å². The number of benzene rings is 1. The highest BCUT2D eigenvalue weighted by Crippen LogP contribution is 2.29. The Morgan fingerprint density at radius 2 is 2.21 bits per heavy atom. The average Bonchev–Trinajstić information content (AvgIpc) is 2.15. The van der Waals surface area contributed by atoms with Gasteiger partial charge in [-0.2, -0.15) is 0 Å². The zero-order chi connectivity index (χ0) is 10.6. The summed E-state index contributed by atoms with van der Waals surface area (Å²) in [5.41, 5.74) is 1.18. The SMILES string of the molecule is COc1ccc(C)cc1SCC(C)=O. The molecule has 3 heteroatoms. The standard InChI is InChI=1S/C11H14O2S/c1-8-4-5-10(13-3)11(6-8)14-7-9(2)12/h4-6H,7H2,1-3H3. The number of methoxy groups -OCH3 is 1. The number of ketones is 1. The molecule has 0 amide bonds. The Morgan fingerprint density at radius 1 is 1.50 bits per heavy atom. The van der Waals surface area contributed by atoms with E-state index in [1.54, 1.807) is 14.0 Å². The summed E-state index contributed by atoms with van der Waals surface area (Å²) in [5.74, 6) is 1.51. The van der Waals surface area contributed by atoms with Gasteiger partial charge in [0.05, 0.1) is 17.8 Å². The van der Waals surface area contributed by atoms with Gasteiger partial charge in [-0.1, -0.05) is 6.07 Å². The van der Waals surface area contributed by atoms with Crippen LogP contribution in [0, 0.1) is 6.92 Å². The molecule has 0 unspecified atom stereocenters. The van der Waals surface area contributed by atoms with Crippen LogP contribution in [-0.2, 0) is 4.79 Å². The van der Waals surface area contributed by atoms with Gasteiger partial charge in [0.25, 0.3) is 0 Å². The van der Waals surface area contributed by atoms with Crippen LogP contribution in [0.4, 0.5) is 0 Å². The van der Waals surface area contributed by atoms with Crippen LogP contribution in [0.15, 0.2) is 23.1 Å². The zero-order valence-corrected chi connectivity index (χ0v) is 9.48. The number of thioether (sulfide) groups is 1. The molecule has 0 N–H and O–H groups in total. The highest BCUT2D eigenvalue weighted by atomic mass is 32.2. The maximum atomic E-state index is 10.8. The summed E-state index contributed by atoms with van der Waals surface area (Å²) >= 11 is 1.52. The quantitative estimate of drug-likeness (QED) is 0.715. The van der Waals surface area contributed by atoms with Crippen molar-refractivity contribution in [3.05, 3.63) is 23.8 Å². The fourth-order valence-corrected chi connectivity index (χ4v) is 2.00. The molecular weight excluding hydrogens is 196 g/mol. The Hall–Kier alpha value is -0.960. The molecule has 0 aliphatic carbocycles. The van der Waals surface area contributed by atoms with Crippen LogP contribution in [-0.4, -0.2) is 18.6 Å². The molecular formula is C11H14O2S. The molecule has 0 heterocycles. The molecule has 0 saturated heterocycles. The van der Waals surface area contributed by atoms with Gasteiger partial charge in [0.1, 0.15) is 11.5 Å². The number of hydrogen-bond donors (Lipinski definition) is 0. The molecule has 2 nitrogen and oxygen atoms in total. The molecule has 0 aliphatic rings. The number of ether oxygens (including phenoxy) is 1. The smallest absolute Gasteiger partial charge is 0.140 e. The molecule has 0 aromatic heterocycles. The van der Waals surface area contributed by atoms with E-state index in [-0.39, 0.29) is 5.78 Å².